The molecule has 1 aromatic carbocycles. The van der Waals surface area contributed by atoms with Crippen molar-refractivity contribution in [3.8, 4) is 0 Å². The van der Waals surface area contributed by atoms with Gasteiger partial charge in [-0.05, 0) is 58.7 Å². The van der Waals surface area contributed by atoms with Crippen molar-refractivity contribution in [1.82, 2.24) is 10.2 Å². The quantitative estimate of drug-likeness (QED) is 0.771. The number of amides is 3. The minimum Gasteiger partial charge on any atom is -0.444 e. The molecule has 2 aliphatic heterocycles. The molecule has 2 heterocycles. The van der Waals surface area contributed by atoms with Gasteiger partial charge in [-0.2, -0.15) is 0 Å². The van der Waals surface area contributed by atoms with Crippen LogP contribution in [0.15, 0.2) is 24.3 Å². The first-order valence-corrected chi connectivity index (χ1v) is 10.2. The second-order valence-electron chi connectivity index (χ2n) is 9.23. The zero-order chi connectivity index (χ0) is 21.4. The molecule has 0 spiro atoms. The third kappa shape index (κ3) is 4.54. The van der Waals surface area contributed by atoms with E-state index in [2.05, 4.69) is 17.1 Å². The van der Waals surface area contributed by atoms with Crippen molar-refractivity contribution in [1.29, 1.82) is 0 Å². The van der Waals surface area contributed by atoms with Gasteiger partial charge in [-0.1, -0.05) is 12.1 Å². The lowest BCUT2D eigenvalue weighted by atomic mass is 9.75. The maximum atomic E-state index is 12.4. The fourth-order valence-electron chi connectivity index (χ4n) is 3.93. The van der Waals surface area contributed by atoms with E-state index in [0.717, 1.165) is 11.3 Å². The highest BCUT2D eigenvalue weighted by Gasteiger charge is 2.40. The van der Waals surface area contributed by atoms with Gasteiger partial charge in [0.2, 0.25) is 11.8 Å². The molecule has 0 unspecified atom stereocenters. The van der Waals surface area contributed by atoms with E-state index in [1.807, 2.05) is 52.0 Å². The Morgan fingerprint density at radius 2 is 1.83 bits per heavy atom. The van der Waals surface area contributed by atoms with Crippen LogP contribution in [0.4, 0.5) is 10.5 Å². The predicted molar refractivity (Wildman–Crippen MR) is 111 cm³/mol. The summed E-state index contributed by atoms with van der Waals surface area (Å²) in [5, 5.41) is 2.45. The van der Waals surface area contributed by atoms with Crippen LogP contribution in [0.5, 0.6) is 0 Å². The Labute approximate surface area is 172 Å². The molecule has 1 N–H and O–H groups in total. The van der Waals surface area contributed by atoms with Crippen LogP contribution < -0.4 is 10.2 Å². The number of benzene rings is 1. The van der Waals surface area contributed by atoms with Gasteiger partial charge in [-0.15, -0.1) is 0 Å². The highest BCUT2D eigenvalue weighted by atomic mass is 16.6. The van der Waals surface area contributed by atoms with E-state index in [1.165, 1.54) is 0 Å². The zero-order valence-electron chi connectivity index (χ0n) is 17.9. The summed E-state index contributed by atoms with van der Waals surface area (Å²) in [7, 11) is 0. The van der Waals surface area contributed by atoms with E-state index >= 15 is 0 Å². The molecule has 0 saturated carbocycles. The average molecular weight is 402 g/mol. The first kappa shape index (κ1) is 21.1. The molecule has 2 atom stereocenters. The maximum Gasteiger partial charge on any atom is 0.410 e. The molecule has 0 aliphatic carbocycles. The standard InChI is InChI=1S/C22H31N3O4/c1-15-14-24(20(28)29-21(2,3)4)12-13-25(15)17-8-6-16(7-9-17)22(5)11-10-18(26)23-19(22)27/h6-9,15H,10-14H2,1-5H3,(H,23,26,27)/t15-,22+/m0/s1. The summed E-state index contributed by atoms with van der Waals surface area (Å²) in [5.74, 6) is -0.443. The minimum atomic E-state index is -0.687. The summed E-state index contributed by atoms with van der Waals surface area (Å²) < 4.78 is 5.48. The summed E-state index contributed by atoms with van der Waals surface area (Å²) >= 11 is 0. The molecule has 3 rings (SSSR count). The third-order valence-electron chi connectivity index (χ3n) is 5.72. The van der Waals surface area contributed by atoms with Crippen LogP contribution in [-0.2, 0) is 19.7 Å². The van der Waals surface area contributed by atoms with Crippen molar-refractivity contribution >= 4 is 23.6 Å². The summed E-state index contributed by atoms with van der Waals surface area (Å²) in [6.07, 6.45) is 0.598. The second kappa shape index (κ2) is 7.69. The summed E-state index contributed by atoms with van der Waals surface area (Å²) in [6.45, 7) is 11.5. The van der Waals surface area contributed by atoms with Crippen LogP contribution in [0.25, 0.3) is 0 Å². The Kier molecular flexibility index (Phi) is 5.61. The number of imide groups is 1. The molecule has 0 radical (unpaired) electrons. The number of hydrogen-bond acceptors (Lipinski definition) is 5. The van der Waals surface area contributed by atoms with E-state index < -0.39 is 11.0 Å². The van der Waals surface area contributed by atoms with Gasteiger partial charge >= 0.3 is 6.09 Å². The molecule has 7 nitrogen and oxygen atoms in total. The lowest BCUT2D eigenvalue weighted by Gasteiger charge is -2.41. The number of carbonyl (C=O) groups excluding carboxylic acids is 3. The largest absolute Gasteiger partial charge is 0.444 e. The number of carbonyl (C=O) groups is 3. The van der Waals surface area contributed by atoms with Crippen LogP contribution >= 0.6 is 0 Å². The molecule has 2 fully saturated rings. The van der Waals surface area contributed by atoms with Gasteiger partial charge in [0.15, 0.2) is 0 Å². The van der Waals surface area contributed by atoms with Crippen molar-refractivity contribution in [3.05, 3.63) is 29.8 Å². The molecule has 0 aromatic heterocycles. The SMILES string of the molecule is C[C@H]1CN(C(=O)OC(C)(C)C)CCN1c1ccc([C@@]2(C)CCC(=O)NC2=O)cc1. The van der Waals surface area contributed by atoms with E-state index in [4.69, 9.17) is 4.74 Å². The number of rotatable bonds is 2. The number of piperidine rings is 1. The van der Waals surface area contributed by atoms with E-state index in [-0.39, 0.29) is 23.9 Å². The predicted octanol–water partition coefficient (Wildman–Crippen LogP) is 2.83. The molecule has 7 heteroatoms. The molecule has 0 bridgehead atoms. The average Bonchev–Trinajstić information content (AvgIpc) is 2.64. The molecular formula is C22H31N3O4. The van der Waals surface area contributed by atoms with Crippen molar-refractivity contribution in [2.75, 3.05) is 24.5 Å². The fourth-order valence-corrected chi connectivity index (χ4v) is 3.93. The maximum absolute atomic E-state index is 12.4. The Bertz CT molecular complexity index is 799. The van der Waals surface area contributed by atoms with Gasteiger partial charge in [0.05, 0.1) is 5.41 Å². The molecule has 2 saturated heterocycles. The van der Waals surface area contributed by atoms with Gasteiger partial charge in [-0.3, -0.25) is 14.9 Å². The molecule has 29 heavy (non-hydrogen) atoms. The number of piperazine rings is 1. The first-order chi connectivity index (χ1) is 13.5. The smallest absolute Gasteiger partial charge is 0.410 e. The summed E-state index contributed by atoms with van der Waals surface area (Å²) in [6, 6.07) is 8.12. The zero-order valence-corrected chi connectivity index (χ0v) is 17.9. The number of nitrogens with zero attached hydrogens (tertiary/aromatic N) is 2. The minimum absolute atomic E-state index is 0.147. The van der Waals surface area contributed by atoms with Crippen LogP contribution in [0.3, 0.4) is 0 Å². The van der Waals surface area contributed by atoms with E-state index in [0.29, 0.717) is 32.5 Å². The van der Waals surface area contributed by atoms with Gasteiger partial charge in [0, 0.05) is 37.8 Å². The molecular weight excluding hydrogens is 370 g/mol. The van der Waals surface area contributed by atoms with Crippen LogP contribution in [0, 0.1) is 0 Å². The molecule has 1 aromatic rings. The summed E-state index contributed by atoms with van der Waals surface area (Å²) in [4.78, 5) is 40.2. The molecule has 158 valence electrons. The summed E-state index contributed by atoms with van der Waals surface area (Å²) in [5.41, 5.74) is 0.777. The van der Waals surface area contributed by atoms with Crippen LogP contribution in [0.2, 0.25) is 0 Å². The Morgan fingerprint density at radius 1 is 1.17 bits per heavy atom. The number of ether oxygens (including phenoxy) is 1. The van der Waals surface area contributed by atoms with Crippen molar-refractivity contribution < 1.29 is 19.1 Å². The topological polar surface area (TPSA) is 79.0 Å². The second-order valence-corrected chi connectivity index (χ2v) is 9.23. The molecule has 3 amide bonds. The molecule has 2 aliphatic rings. The monoisotopic (exact) mass is 401 g/mol. The highest BCUT2D eigenvalue weighted by molar-refractivity contribution is 6.03. The number of nitrogens with one attached hydrogen (secondary N) is 1. The van der Waals surface area contributed by atoms with Crippen molar-refractivity contribution in [3.63, 3.8) is 0 Å². The fraction of sp³-hybridized carbons (Fsp3) is 0.591. The number of anilines is 1. The Balaban J connectivity index is 1.67. The van der Waals surface area contributed by atoms with Gasteiger partial charge in [-0.25, -0.2) is 4.79 Å². The Morgan fingerprint density at radius 3 is 2.38 bits per heavy atom. The lowest BCUT2D eigenvalue weighted by molar-refractivity contribution is -0.137. The Hall–Kier alpha value is -2.57. The van der Waals surface area contributed by atoms with Crippen LogP contribution in [-0.4, -0.2) is 54.1 Å². The lowest BCUT2D eigenvalue weighted by Crippen LogP contribution is -2.54. The first-order valence-electron chi connectivity index (χ1n) is 10.2. The van der Waals surface area contributed by atoms with Gasteiger partial charge in [0.1, 0.15) is 5.60 Å². The van der Waals surface area contributed by atoms with E-state index in [1.54, 1.807) is 4.90 Å². The third-order valence-corrected chi connectivity index (χ3v) is 5.72. The number of hydrogen-bond donors (Lipinski definition) is 1. The van der Waals surface area contributed by atoms with E-state index in [9.17, 15) is 14.4 Å². The van der Waals surface area contributed by atoms with Crippen LogP contribution in [0.1, 0.15) is 53.0 Å². The van der Waals surface area contributed by atoms with Crippen molar-refractivity contribution in [2.45, 2.75) is 64.5 Å². The normalized spacial score (nSPS) is 25.6. The van der Waals surface area contributed by atoms with Gasteiger partial charge in [0.25, 0.3) is 0 Å². The highest BCUT2D eigenvalue weighted by Crippen LogP contribution is 2.33. The van der Waals surface area contributed by atoms with Gasteiger partial charge < -0.3 is 14.5 Å². The van der Waals surface area contributed by atoms with Crippen molar-refractivity contribution in [2.24, 2.45) is 0 Å².